The van der Waals surface area contributed by atoms with E-state index < -0.39 is 11.7 Å². The second-order valence-electron chi connectivity index (χ2n) is 6.10. The molecule has 3 aromatic rings. The zero-order valence-electron chi connectivity index (χ0n) is 14.6. The Hall–Kier alpha value is -2.47. The minimum atomic E-state index is -0.551. The Morgan fingerprint density at radius 2 is 1.92 bits per heavy atom. The molecule has 0 aliphatic heterocycles. The van der Waals surface area contributed by atoms with Crippen LogP contribution in [-0.4, -0.2) is 15.7 Å². The molecule has 0 saturated heterocycles. The monoisotopic (exact) mass is 415 g/mol. The summed E-state index contributed by atoms with van der Waals surface area (Å²) in [6.45, 7) is 4.87. The second-order valence-corrected chi connectivity index (χ2v) is 7.02. The van der Waals surface area contributed by atoms with Crippen molar-refractivity contribution < 1.29 is 9.18 Å². The number of carbonyl (C=O) groups is 1. The molecule has 6 heteroatoms. The molecule has 2 aromatic carbocycles. The van der Waals surface area contributed by atoms with E-state index in [0.29, 0.717) is 17.6 Å². The Kier molecular flexibility index (Phi) is 5.52. The summed E-state index contributed by atoms with van der Waals surface area (Å²) in [5, 5.41) is 7.36. The van der Waals surface area contributed by atoms with Gasteiger partial charge in [-0.15, -0.1) is 0 Å². The zero-order valence-corrected chi connectivity index (χ0v) is 16.2. The summed E-state index contributed by atoms with van der Waals surface area (Å²) in [6.07, 6.45) is 0. The van der Waals surface area contributed by atoms with E-state index in [-0.39, 0.29) is 5.56 Å². The second kappa shape index (κ2) is 7.83. The van der Waals surface area contributed by atoms with Crippen molar-refractivity contribution in [3.63, 3.8) is 0 Å². The van der Waals surface area contributed by atoms with Gasteiger partial charge in [-0.3, -0.25) is 9.48 Å². The van der Waals surface area contributed by atoms with Crippen LogP contribution in [0.15, 0.2) is 53.0 Å². The normalized spacial score (nSPS) is 10.8. The molecule has 0 unspecified atom stereocenters. The number of nitrogens with zero attached hydrogens (tertiary/aromatic N) is 2. The lowest BCUT2D eigenvalue weighted by Gasteiger charge is -2.08. The van der Waals surface area contributed by atoms with Gasteiger partial charge in [0.15, 0.2) is 0 Å². The maximum absolute atomic E-state index is 13.9. The summed E-state index contributed by atoms with van der Waals surface area (Å²) in [5.41, 5.74) is 3.98. The van der Waals surface area contributed by atoms with Gasteiger partial charge >= 0.3 is 0 Å². The molecule has 0 saturated carbocycles. The highest BCUT2D eigenvalue weighted by Gasteiger charge is 2.15. The molecule has 4 nitrogen and oxygen atoms in total. The van der Waals surface area contributed by atoms with Gasteiger partial charge in [0.25, 0.3) is 5.91 Å². The van der Waals surface area contributed by atoms with Crippen LogP contribution < -0.4 is 5.32 Å². The van der Waals surface area contributed by atoms with Gasteiger partial charge in [-0.05, 0) is 37.6 Å². The molecule has 0 radical (unpaired) electrons. The zero-order chi connectivity index (χ0) is 18.7. The molecule has 3 rings (SSSR count). The molecular weight excluding hydrogens is 397 g/mol. The Balaban J connectivity index is 1.73. The van der Waals surface area contributed by atoms with Gasteiger partial charge in [-0.1, -0.05) is 46.3 Å². The Bertz CT molecular complexity index is 938. The fourth-order valence-electron chi connectivity index (χ4n) is 2.84. The van der Waals surface area contributed by atoms with Gasteiger partial charge in [-0.25, -0.2) is 4.39 Å². The largest absolute Gasteiger partial charge is 0.348 e. The predicted octanol–water partition coefficient (Wildman–Crippen LogP) is 4.38. The van der Waals surface area contributed by atoms with Gasteiger partial charge < -0.3 is 5.32 Å². The number of aromatic nitrogens is 2. The van der Waals surface area contributed by atoms with E-state index in [1.165, 1.54) is 12.1 Å². The van der Waals surface area contributed by atoms with E-state index in [2.05, 4.69) is 26.3 Å². The van der Waals surface area contributed by atoms with Crippen LogP contribution in [0.1, 0.15) is 32.9 Å². The van der Waals surface area contributed by atoms with Crippen molar-refractivity contribution in [3.8, 4) is 0 Å². The highest BCUT2D eigenvalue weighted by Crippen LogP contribution is 2.17. The number of aryl methyl sites for hydroxylation is 1. The van der Waals surface area contributed by atoms with E-state index in [1.54, 1.807) is 6.07 Å². The average molecular weight is 416 g/mol. The van der Waals surface area contributed by atoms with Crippen molar-refractivity contribution in [2.24, 2.45) is 0 Å². The van der Waals surface area contributed by atoms with Crippen molar-refractivity contribution >= 4 is 21.8 Å². The first-order chi connectivity index (χ1) is 12.5. The Morgan fingerprint density at radius 1 is 1.19 bits per heavy atom. The number of rotatable bonds is 5. The van der Waals surface area contributed by atoms with Crippen LogP contribution in [0.3, 0.4) is 0 Å². The molecule has 0 fully saturated rings. The van der Waals surface area contributed by atoms with E-state index in [4.69, 9.17) is 0 Å². The molecule has 0 atom stereocenters. The summed E-state index contributed by atoms with van der Waals surface area (Å²) in [4.78, 5) is 12.3. The Morgan fingerprint density at radius 3 is 2.62 bits per heavy atom. The van der Waals surface area contributed by atoms with Gasteiger partial charge in [0.1, 0.15) is 5.82 Å². The summed E-state index contributed by atoms with van der Waals surface area (Å²) < 4.78 is 16.4. The van der Waals surface area contributed by atoms with E-state index in [9.17, 15) is 9.18 Å². The van der Waals surface area contributed by atoms with Crippen LogP contribution in [-0.2, 0) is 13.1 Å². The molecule has 0 bridgehead atoms. The van der Waals surface area contributed by atoms with Crippen molar-refractivity contribution in [2.75, 3.05) is 0 Å². The average Bonchev–Trinajstić information content (AvgIpc) is 2.87. The quantitative estimate of drug-likeness (QED) is 0.671. The van der Waals surface area contributed by atoms with E-state index in [1.807, 2.05) is 48.9 Å². The summed E-state index contributed by atoms with van der Waals surface area (Å²) in [5.74, 6) is -0.991. The Labute approximate surface area is 160 Å². The number of benzene rings is 2. The SMILES string of the molecule is Cc1nn(Cc2ccccc2)c(C)c1CNC(=O)c1ccc(Br)cc1F. The van der Waals surface area contributed by atoms with Crippen molar-refractivity contribution in [2.45, 2.75) is 26.9 Å². The van der Waals surface area contributed by atoms with Crippen LogP contribution in [0.2, 0.25) is 0 Å². The van der Waals surface area contributed by atoms with Gasteiger partial charge in [0.05, 0.1) is 17.8 Å². The third kappa shape index (κ3) is 4.02. The van der Waals surface area contributed by atoms with Gasteiger partial charge in [0.2, 0.25) is 0 Å². The lowest BCUT2D eigenvalue weighted by Crippen LogP contribution is -2.24. The molecular formula is C20H19BrFN3O. The molecule has 0 aliphatic carbocycles. The molecule has 26 heavy (non-hydrogen) atoms. The maximum atomic E-state index is 13.9. The summed E-state index contributed by atoms with van der Waals surface area (Å²) in [6, 6.07) is 14.5. The summed E-state index contributed by atoms with van der Waals surface area (Å²) >= 11 is 3.19. The molecule has 134 valence electrons. The maximum Gasteiger partial charge on any atom is 0.254 e. The van der Waals surface area contributed by atoms with Crippen LogP contribution >= 0.6 is 15.9 Å². The number of carbonyl (C=O) groups excluding carboxylic acids is 1. The lowest BCUT2D eigenvalue weighted by atomic mass is 10.1. The third-order valence-corrected chi connectivity index (χ3v) is 4.80. The number of halogens is 2. The fraction of sp³-hybridized carbons (Fsp3) is 0.200. The predicted molar refractivity (Wildman–Crippen MR) is 103 cm³/mol. The smallest absolute Gasteiger partial charge is 0.254 e. The lowest BCUT2D eigenvalue weighted by molar-refractivity contribution is 0.0947. The van der Waals surface area contributed by atoms with Gasteiger partial charge in [-0.2, -0.15) is 5.10 Å². The van der Waals surface area contributed by atoms with Crippen molar-refractivity contribution in [1.82, 2.24) is 15.1 Å². The first kappa shape index (κ1) is 18.3. The molecule has 0 aliphatic rings. The summed E-state index contributed by atoms with van der Waals surface area (Å²) in [7, 11) is 0. The molecule has 1 amide bonds. The van der Waals surface area contributed by atoms with Crippen molar-refractivity contribution in [3.05, 3.63) is 86.9 Å². The van der Waals surface area contributed by atoms with Crippen LogP contribution in [0.25, 0.3) is 0 Å². The van der Waals surface area contributed by atoms with Crippen LogP contribution in [0.5, 0.6) is 0 Å². The number of amides is 1. The van der Waals surface area contributed by atoms with E-state index >= 15 is 0 Å². The number of hydrogen-bond acceptors (Lipinski definition) is 2. The highest BCUT2D eigenvalue weighted by molar-refractivity contribution is 9.10. The highest BCUT2D eigenvalue weighted by atomic mass is 79.9. The molecule has 1 aromatic heterocycles. The molecule has 0 spiro atoms. The number of nitrogens with one attached hydrogen (secondary N) is 1. The first-order valence-corrected chi connectivity index (χ1v) is 9.05. The minimum absolute atomic E-state index is 0.0279. The van der Waals surface area contributed by atoms with Crippen LogP contribution in [0.4, 0.5) is 4.39 Å². The molecule has 1 N–H and O–H groups in total. The minimum Gasteiger partial charge on any atom is -0.348 e. The van der Waals surface area contributed by atoms with Crippen LogP contribution in [0, 0.1) is 19.7 Å². The third-order valence-electron chi connectivity index (χ3n) is 4.31. The van der Waals surface area contributed by atoms with E-state index in [0.717, 1.165) is 22.5 Å². The number of hydrogen-bond donors (Lipinski definition) is 1. The van der Waals surface area contributed by atoms with Gasteiger partial charge in [0, 0.05) is 22.3 Å². The molecule has 1 heterocycles. The van der Waals surface area contributed by atoms with Crippen molar-refractivity contribution in [1.29, 1.82) is 0 Å². The topological polar surface area (TPSA) is 46.9 Å². The standard InChI is InChI=1S/C20H19BrFN3O/c1-13-18(11-23-20(26)17-9-8-16(21)10-19(17)22)14(2)25(24-13)12-15-6-4-3-5-7-15/h3-10H,11-12H2,1-2H3,(H,23,26). The first-order valence-electron chi connectivity index (χ1n) is 8.25. The fourth-order valence-corrected chi connectivity index (χ4v) is 3.17.